The van der Waals surface area contributed by atoms with E-state index in [1.165, 1.54) is 0 Å². The molecule has 0 atom stereocenters. The summed E-state index contributed by atoms with van der Waals surface area (Å²) in [5.74, 6) is -0.420. The molecular weight excluding hydrogens is 108 g/mol. The Kier molecular flexibility index (Phi) is 1.26. The second kappa shape index (κ2) is 1.92. The quantitative estimate of drug-likeness (QED) is 0.444. The SMILES string of the molecule is N=C1CCONC1=O. The molecule has 44 valence electrons. The van der Waals surface area contributed by atoms with E-state index in [0.29, 0.717) is 13.0 Å². The van der Waals surface area contributed by atoms with Crippen molar-refractivity contribution in [3.63, 3.8) is 0 Å². The van der Waals surface area contributed by atoms with Gasteiger partial charge in [0.1, 0.15) is 5.71 Å². The van der Waals surface area contributed by atoms with Crippen molar-refractivity contribution in [1.82, 2.24) is 5.48 Å². The van der Waals surface area contributed by atoms with Gasteiger partial charge in [-0.25, -0.2) is 5.48 Å². The molecule has 0 aromatic rings. The predicted octanol–water partition coefficient (Wildman–Crippen LogP) is -0.542. The first-order valence-corrected chi connectivity index (χ1v) is 2.30. The van der Waals surface area contributed by atoms with E-state index in [1.54, 1.807) is 0 Å². The fraction of sp³-hybridized carbons (Fsp3) is 0.500. The Morgan fingerprint density at radius 2 is 2.50 bits per heavy atom. The summed E-state index contributed by atoms with van der Waals surface area (Å²) in [6, 6.07) is 0. The van der Waals surface area contributed by atoms with Gasteiger partial charge in [0, 0.05) is 6.42 Å². The molecule has 0 saturated carbocycles. The fourth-order valence-electron chi connectivity index (χ4n) is 0.445. The van der Waals surface area contributed by atoms with Crippen LogP contribution in [0.15, 0.2) is 0 Å². The summed E-state index contributed by atoms with van der Waals surface area (Å²) in [6.07, 6.45) is 0.422. The Hall–Kier alpha value is -0.900. The highest BCUT2D eigenvalue weighted by Gasteiger charge is 2.13. The van der Waals surface area contributed by atoms with Crippen LogP contribution in [0.2, 0.25) is 0 Å². The van der Waals surface area contributed by atoms with Gasteiger partial charge in [-0.2, -0.15) is 0 Å². The van der Waals surface area contributed by atoms with Crippen molar-refractivity contribution in [2.75, 3.05) is 6.61 Å². The summed E-state index contributed by atoms with van der Waals surface area (Å²) < 4.78 is 0. The molecule has 1 fully saturated rings. The van der Waals surface area contributed by atoms with Crippen LogP contribution >= 0.6 is 0 Å². The molecular formula is C4H6N2O2. The molecule has 1 aliphatic heterocycles. The topological polar surface area (TPSA) is 62.2 Å². The zero-order valence-electron chi connectivity index (χ0n) is 4.23. The summed E-state index contributed by atoms with van der Waals surface area (Å²) in [4.78, 5) is 14.8. The minimum Gasteiger partial charge on any atom is -0.299 e. The van der Waals surface area contributed by atoms with Crippen LogP contribution in [0.5, 0.6) is 0 Å². The third-order valence-corrected chi connectivity index (χ3v) is 0.893. The van der Waals surface area contributed by atoms with Crippen molar-refractivity contribution in [2.24, 2.45) is 0 Å². The lowest BCUT2D eigenvalue weighted by molar-refractivity contribution is -0.128. The number of hydrogen-bond acceptors (Lipinski definition) is 3. The Morgan fingerprint density at radius 1 is 1.75 bits per heavy atom. The molecule has 0 aliphatic carbocycles. The molecule has 8 heavy (non-hydrogen) atoms. The van der Waals surface area contributed by atoms with Crippen molar-refractivity contribution in [3.8, 4) is 0 Å². The highest BCUT2D eigenvalue weighted by molar-refractivity contribution is 6.37. The summed E-state index contributed by atoms with van der Waals surface area (Å²) in [7, 11) is 0. The maximum atomic E-state index is 10.3. The minimum atomic E-state index is -0.420. The van der Waals surface area contributed by atoms with Crippen molar-refractivity contribution in [1.29, 1.82) is 5.41 Å². The van der Waals surface area contributed by atoms with Gasteiger partial charge in [-0.05, 0) is 0 Å². The molecule has 0 aromatic carbocycles. The van der Waals surface area contributed by atoms with Crippen molar-refractivity contribution in [3.05, 3.63) is 0 Å². The van der Waals surface area contributed by atoms with E-state index in [0.717, 1.165) is 0 Å². The van der Waals surface area contributed by atoms with Gasteiger partial charge in [0.15, 0.2) is 0 Å². The van der Waals surface area contributed by atoms with Crippen LogP contribution in [0, 0.1) is 5.41 Å². The Bertz CT molecular complexity index is 116. The molecule has 1 rings (SSSR count). The largest absolute Gasteiger partial charge is 0.299 e. The number of nitrogens with one attached hydrogen (secondary N) is 2. The van der Waals surface area contributed by atoms with Gasteiger partial charge in [-0.15, -0.1) is 0 Å². The maximum absolute atomic E-state index is 10.3. The van der Waals surface area contributed by atoms with E-state index in [2.05, 4.69) is 10.3 Å². The van der Waals surface area contributed by atoms with Crippen LogP contribution in [0.1, 0.15) is 6.42 Å². The lowest BCUT2D eigenvalue weighted by Crippen LogP contribution is -2.36. The molecule has 1 saturated heterocycles. The van der Waals surface area contributed by atoms with Gasteiger partial charge in [0.25, 0.3) is 5.91 Å². The molecule has 1 amide bonds. The fourth-order valence-corrected chi connectivity index (χ4v) is 0.445. The van der Waals surface area contributed by atoms with Crippen molar-refractivity contribution >= 4 is 11.6 Å². The Balaban J connectivity index is 2.52. The summed E-state index contributed by atoms with van der Waals surface area (Å²) in [6.45, 7) is 0.421. The first kappa shape index (κ1) is 5.24. The van der Waals surface area contributed by atoms with Crippen molar-refractivity contribution < 1.29 is 9.63 Å². The maximum Gasteiger partial charge on any atom is 0.288 e. The van der Waals surface area contributed by atoms with Gasteiger partial charge in [0.2, 0.25) is 0 Å². The van der Waals surface area contributed by atoms with Crippen LogP contribution < -0.4 is 5.48 Å². The van der Waals surface area contributed by atoms with E-state index in [4.69, 9.17) is 5.41 Å². The number of amides is 1. The molecule has 1 aliphatic rings. The third kappa shape index (κ3) is 0.840. The second-order valence-corrected chi connectivity index (χ2v) is 1.51. The van der Waals surface area contributed by atoms with E-state index >= 15 is 0 Å². The lowest BCUT2D eigenvalue weighted by atomic mass is 10.2. The molecule has 0 radical (unpaired) electrons. The standard InChI is InChI=1S/C4H6N2O2/c5-3-1-2-8-6-4(3)7/h5H,1-2H2,(H,6,7). The van der Waals surface area contributed by atoms with E-state index in [9.17, 15) is 4.79 Å². The first-order valence-electron chi connectivity index (χ1n) is 2.30. The summed E-state index contributed by atoms with van der Waals surface area (Å²) in [5.41, 5.74) is 2.16. The van der Waals surface area contributed by atoms with Crippen LogP contribution in [0.25, 0.3) is 0 Å². The second-order valence-electron chi connectivity index (χ2n) is 1.51. The summed E-state index contributed by atoms with van der Waals surface area (Å²) >= 11 is 0. The van der Waals surface area contributed by atoms with Gasteiger partial charge in [-0.3, -0.25) is 15.0 Å². The molecule has 0 unspecified atom stereocenters. The van der Waals surface area contributed by atoms with Gasteiger partial charge in [0.05, 0.1) is 6.61 Å². The van der Waals surface area contributed by atoms with Crippen LogP contribution in [0.3, 0.4) is 0 Å². The predicted molar refractivity (Wildman–Crippen MR) is 26.4 cm³/mol. The highest BCUT2D eigenvalue weighted by atomic mass is 16.7. The smallest absolute Gasteiger partial charge is 0.288 e. The normalized spacial score (nSPS) is 20.5. The van der Waals surface area contributed by atoms with Crippen molar-refractivity contribution in [2.45, 2.75) is 6.42 Å². The monoisotopic (exact) mass is 114 g/mol. The van der Waals surface area contributed by atoms with Gasteiger partial charge in [-0.1, -0.05) is 0 Å². The summed E-state index contributed by atoms with van der Waals surface area (Å²) in [5, 5.41) is 6.90. The molecule has 0 aromatic heterocycles. The van der Waals surface area contributed by atoms with Gasteiger partial charge < -0.3 is 0 Å². The minimum absolute atomic E-state index is 0.0938. The number of hydroxylamine groups is 1. The van der Waals surface area contributed by atoms with E-state index < -0.39 is 5.91 Å². The third-order valence-electron chi connectivity index (χ3n) is 0.893. The van der Waals surface area contributed by atoms with Crippen LogP contribution in [0.4, 0.5) is 0 Å². The molecule has 0 spiro atoms. The number of carbonyl (C=O) groups excluding carboxylic acids is 1. The lowest BCUT2D eigenvalue weighted by Gasteiger charge is -2.10. The van der Waals surface area contributed by atoms with E-state index in [-0.39, 0.29) is 5.71 Å². The molecule has 4 nitrogen and oxygen atoms in total. The van der Waals surface area contributed by atoms with E-state index in [1.807, 2.05) is 0 Å². The number of rotatable bonds is 0. The number of hydrogen-bond donors (Lipinski definition) is 2. The molecule has 0 bridgehead atoms. The number of carbonyl (C=O) groups is 1. The van der Waals surface area contributed by atoms with Crippen LogP contribution in [-0.2, 0) is 9.63 Å². The molecule has 2 N–H and O–H groups in total. The zero-order valence-corrected chi connectivity index (χ0v) is 4.23. The highest BCUT2D eigenvalue weighted by Crippen LogP contribution is 1.90. The Morgan fingerprint density at radius 3 is 2.88 bits per heavy atom. The first-order chi connectivity index (χ1) is 3.80. The molecule has 1 heterocycles. The molecule has 4 heteroatoms. The Labute approximate surface area is 46.3 Å². The average molecular weight is 114 g/mol. The average Bonchev–Trinajstić information content (AvgIpc) is 1.77. The zero-order chi connectivity index (χ0) is 5.98. The van der Waals surface area contributed by atoms with Gasteiger partial charge >= 0.3 is 0 Å². The van der Waals surface area contributed by atoms with Crippen LogP contribution in [-0.4, -0.2) is 18.2 Å².